The van der Waals surface area contributed by atoms with Gasteiger partial charge in [-0.1, -0.05) is 0 Å². The molecule has 1 atom stereocenters. The minimum Gasteiger partial charge on any atom is -0.378 e. The summed E-state index contributed by atoms with van der Waals surface area (Å²) in [5.41, 5.74) is -0.271. The summed E-state index contributed by atoms with van der Waals surface area (Å²) in [5.74, 6) is 0.157. The zero-order valence-electron chi connectivity index (χ0n) is 9.12. The second kappa shape index (κ2) is 4.47. The molecule has 2 aliphatic rings. The molecule has 2 fully saturated rings. The van der Waals surface area contributed by atoms with Crippen LogP contribution in [0, 0.1) is 0 Å². The Morgan fingerprint density at radius 1 is 1.67 bits per heavy atom. The number of carbonyl (C=O) groups excluding carboxylic acids is 1. The predicted octanol–water partition coefficient (Wildman–Crippen LogP) is -0.776. The molecule has 0 aromatic heterocycles. The van der Waals surface area contributed by atoms with Gasteiger partial charge in [0.25, 0.3) is 0 Å². The molecule has 2 rings (SSSR count). The molecule has 2 heterocycles. The van der Waals surface area contributed by atoms with Crippen molar-refractivity contribution in [2.24, 2.45) is 0 Å². The van der Waals surface area contributed by atoms with Crippen LogP contribution in [-0.4, -0.2) is 62.9 Å². The number of methoxy groups -OCH3 is 1. The average molecular weight is 214 g/mol. The summed E-state index contributed by atoms with van der Waals surface area (Å²) in [6, 6.07) is 0. The van der Waals surface area contributed by atoms with Crippen molar-refractivity contribution in [3.05, 3.63) is 0 Å². The van der Waals surface area contributed by atoms with Gasteiger partial charge in [0, 0.05) is 33.2 Å². The Hall–Kier alpha value is -0.650. The number of amides is 1. The Morgan fingerprint density at radius 2 is 2.53 bits per heavy atom. The van der Waals surface area contributed by atoms with E-state index in [9.17, 15) is 4.79 Å². The molecular formula is C10H18N2O3. The fourth-order valence-corrected chi connectivity index (χ4v) is 2.10. The molecule has 1 N–H and O–H groups in total. The third-order valence-corrected chi connectivity index (χ3v) is 3.17. The van der Waals surface area contributed by atoms with Crippen molar-refractivity contribution >= 4 is 5.91 Å². The summed E-state index contributed by atoms with van der Waals surface area (Å²) in [6.07, 6.45) is 0.876. The lowest BCUT2D eigenvalue weighted by Gasteiger charge is -2.35. The molecule has 15 heavy (non-hydrogen) atoms. The monoisotopic (exact) mass is 214 g/mol. The van der Waals surface area contributed by atoms with Crippen molar-refractivity contribution in [2.75, 3.05) is 46.5 Å². The smallest absolute Gasteiger partial charge is 0.236 e. The van der Waals surface area contributed by atoms with E-state index in [4.69, 9.17) is 9.47 Å². The first-order chi connectivity index (χ1) is 7.26. The minimum atomic E-state index is -0.271. The number of rotatable bonds is 3. The van der Waals surface area contributed by atoms with E-state index in [1.54, 1.807) is 7.11 Å². The van der Waals surface area contributed by atoms with Crippen LogP contribution < -0.4 is 5.32 Å². The van der Waals surface area contributed by atoms with Crippen molar-refractivity contribution < 1.29 is 14.3 Å². The molecule has 0 aromatic carbocycles. The largest absolute Gasteiger partial charge is 0.378 e. The molecule has 1 amide bonds. The van der Waals surface area contributed by atoms with Crippen molar-refractivity contribution in [1.82, 2.24) is 10.2 Å². The Balaban J connectivity index is 1.96. The van der Waals surface area contributed by atoms with Crippen LogP contribution in [0.3, 0.4) is 0 Å². The number of hydrogen-bond acceptors (Lipinski definition) is 4. The topological polar surface area (TPSA) is 50.8 Å². The molecule has 0 radical (unpaired) electrons. The van der Waals surface area contributed by atoms with Crippen molar-refractivity contribution in [2.45, 2.75) is 12.0 Å². The van der Waals surface area contributed by atoms with Crippen LogP contribution in [0.5, 0.6) is 0 Å². The molecule has 0 spiro atoms. The molecule has 0 aliphatic carbocycles. The Bertz CT molecular complexity index is 239. The Morgan fingerprint density at radius 3 is 3.13 bits per heavy atom. The third kappa shape index (κ3) is 2.30. The summed E-state index contributed by atoms with van der Waals surface area (Å²) in [6.45, 7) is 4.07. The predicted molar refractivity (Wildman–Crippen MR) is 54.6 cm³/mol. The van der Waals surface area contributed by atoms with Gasteiger partial charge in [-0.25, -0.2) is 0 Å². The van der Waals surface area contributed by atoms with Gasteiger partial charge in [-0.2, -0.15) is 0 Å². The minimum absolute atomic E-state index is 0.157. The number of hydrogen-bond donors (Lipinski definition) is 1. The van der Waals surface area contributed by atoms with E-state index >= 15 is 0 Å². The normalized spacial score (nSPS) is 32.3. The van der Waals surface area contributed by atoms with Gasteiger partial charge < -0.3 is 19.7 Å². The van der Waals surface area contributed by atoms with Gasteiger partial charge in [-0.05, 0) is 0 Å². The van der Waals surface area contributed by atoms with Gasteiger partial charge in [0.05, 0.1) is 19.7 Å². The molecule has 0 bridgehead atoms. The van der Waals surface area contributed by atoms with E-state index in [0.717, 1.165) is 26.1 Å². The summed E-state index contributed by atoms with van der Waals surface area (Å²) < 4.78 is 10.9. The maximum absolute atomic E-state index is 11.6. The number of nitrogens with zero attached hydrogens (tertiary/aromatic N) is 1. The molecule has 2 aliphatic heterocycles. The maximum Gasteiger partial charge on any atom is 0.236 e. The molecular weight excluding hydrogens is 196 g/mol. The first kappa shape index (κ1) is 10.9. The van der Waals surface area contributed by atoms with Crippen LogP contribution in [0.15, 0.2) is 0 Å². The molecule has 0 aromatic rings. The number of nitrogens with one attached hydrogen (secondary N) is 1. The second-order valence-electron chi connectivity index (χ2n) is 4.18. The molecule has 1 unspecified atom stereocenters. The van der Waals surface area contributed by atoms with Crippen LogP contribution in [-0.2, 0) is 14.3 Å². The highest BCUT2D eigenvalue weighted by atomic mass is 16.5. The fraction of sp³-hybridized carbons (Fsp3) is 0.900. The lowest BCUT2D eigenvalue weighted by atomic mass is 10.0. The van der Waals surface area contributed by atoms with E-state index in [2.05, 4.69) is 5.32 Å². The first-order valence-corrected chi connectivity index (χ1v) is 5.37. The highest BCUT2D eigenvalue weighted by Gasteiger charge is 2.38. The maximum atomic E-state index is 11.6. The fourth-order valence-electron chi connectivity index (χ4n) is 2.10. The third-order valence-electron chi connectivity index (χ3n) is 3.17. The molecule has 5 heteroatoms. The highest BCUT2D eigenvalue weighted by molar-refractivity contribution is 5.79. The van der Waals surface area contributed by atoms with Gasteiger partial charge in [-0.15, -0.1) is 0 Å². The van der Waals surface area contributed by atoms with Crippen LogP contribution in [0.4, 0.5) is 0 Å². The number of ether oxygens (including phenoxy) is 2. The van der Waals surface area contributed by atoms with Gasteiger partial charge in [0.2, 0.25) is 5.91 Å². The van der Waals surface area contributed by atoms with Crippen LogP contribution in [0.2, 0.25) is 0 Å². The summed E-state index contributed by atoms with van der Waals surface area (Å²) in [7, 11) is 1.70. The standard InChI is InChI=1S/C10H18N2O3/c1-14-10(2-5-15-8-10)7-12-4-3-11-6-9(12)13/h11H,2-8H2,1H3. The van der Waals surface area contributed by atoms with Crippen molar-refractivity contribution in [3.8, 4) is 0 Å². The van der Waals surface area contributed by atoms with Gasteiger partial charge in [0.15, 0.2) is 0 Å². The average Bonchev–Trinajstić information content (AvgIpc) is 2.71. The molecule has 0 saturated carbocycles. The quantitative estimate of drug-likeness (QED) is 0.670. The zero-order valence-corrected chi connectivity index (χ0v) is 9.12. The molecule has 5 nitrogen and oxygen atoms in total. The highest BCUT2D eigenvalue weighted by Crippen LogP contribution is 2.23. The van der Waals surface area contributed by atoms with Crippen LogP contribution in [0.1, 0.15) is 6.42 Å². The Labute approximate surface area is 89.7 Å². The van der Waals surface area contributed by atoms with Gasteiger partial charge in [-0.3, -0.25) is 4.79 Å². The van der Waals surface area contributed by atoms with Crippen molar-refractivity contribution in [3.63, 3.8) is 0 Å². The SMILES string of the molecule is COC1(CN2CCNCC2=O)CCOC1. The molecule has 2 saturated heterocycles. The van der Waals surface area contributed by atoms with Crippen LogP contribution in [0.25, 0.3) is 0 Å². The first-order valence-electron chi connectivity index (χ1n) is 5.37. The zero-order chi connectivity index (χ0) is 10.7. The number of carbonyl (C=O) groups is 1. The van der Waals surface area contributed by atoms with Crippen molar-refractivity contribution in [1.29, 1.82) is 0 Å². The summed E-state index contributed by atoms with van der Waals surface area (Å²) in [4.78, 5) is 13.5. The van der Waals surface area contributed by atoms with Gasteiger partial charge in [0.1, 0.15) is 5.60 Å². The summed E-state index contributed by atoms with van der Waals surface area (Å²) in [5, 5.41) is 3.06. The lowest BCUT2D eigenvalue weighted by molar-refractivity contribution is -0.137. The van der Waals surface area contributed by atoms with Crippen LogP contribution >= 0.6 is 0 Å². The Kier molecular flexibility index (Phi) is 3.23. The molecule has 86 valence electrons. The van der Waals surface area contributed by atoms with E-state index in [1.165, 1.54) is 0 Å². The van der Waals surface area contributed by atoms with E-state index in [0.29, 0.717) is 19.7 Å². The second-order valence-corrected chi connectivity index (χ2v) is 4.18. The van der Waals surface area contributed by atoms with E-state index < -0.39 is 0 Å². The lowest BCUT2D eigenvalue weighted by Crippen LogP contribution is -2.54. The van der Waals surface area contributed by atoms with Gasteiger partial charge >= 0.3 is 0 Å². The van der Waals surface area contributed by atoms with E-state index in [-0.39, 0.29) is 11.5 Å². The van der Waals surface area contributed by atoms with E-state index in [1.807, 2.05) is 4.90 Å². The number of piperazine rings is 1. The summed E-state index contributed by atoms with van der Waals surface area (Å²) >= 11 is 0.